The zero-order chi connectivity index (χ0) is 15.8. The van der Waals surface area contributed by atoms with E-state index in [-0.39, 0.29) is 16.7 Å². The summed E-state index contributed by atoms with van der Waals surface area (Å²) in [5.41, 5.74) is 1.18. The Bertz CT molecular complexity index is 564. The lowest BCUT2D eigenvalue weighted by atomic mass is 10.0. The number of pyridine rings is 1. The lowest BCUT2D eigenvalue weighted by Gasteiger charge is -2.35. The molecule has 1 saturated heterocycles. The second-order valence-electron chi connectivity index (χ2n) is 7.03. The number of rotatable bonds is 2. The van der Waals surface area contributed by atoms with Gasteiger partial charge < -0.3 is 14.6 Å². The van der Waals surface area contributed by atoms with Gasteiger partial charge in [0, 0.05) is 50.0 Å². The van der Waals surface area contributed by atoms with Crippen LogP contribution in [0.3, 0.4) is 0 Å². The summed E-state index contributed by atoms with van der Waals surface area (Å²) in [4.78, 5) is 16.5. The molecule has 0 unspecified atom stereocenters. The Balaban J connectivity index is 2.39. The molecule has 2 rings (SSSR count). The molecule has 1 aromatic rings. The van der Waals surface area contributed by atoms with Crippen LogP contribution < -0.4 is 5.43 Å². The smallest absolute Gasteiger partial charge is 0.223 e. The zero-order valence-electron chi connectivity index (χ0n) is 13.8. The van der Waals surface area contributed by atoms with Gasteiger partial charge in [-0.3, -0.25) is 9.69 Å². The van der Waals surface area contributed by atoms with Gasteiger partial charge in [0.05, 0.1) is 5.69 Å². The fourth-order valence-electron chi connectivity index (χ4n) is 3.08. The van der Waals surface area contributed by atoms with Crippen molar-refractivity contribution in [2.45, 2.75) is 39.8 Å². The van der Waals surface area contributed by atoms with Crippen molar-refractivity contribution in [2.75, 3.05) is 33.2 Å². The van der Waals surface area contributed by atoms with Crippen LogP contribution in [0.5, 0.6) is 5.75 Å². The van der Waals surface area contributed by atoms with E-state index in [0.717, 1.165) is 37.6 Å². The quantitative estimate of drug-likeness (QED) is 0.894. The van der Waals surface area contributed by atoms with Gasteiger partial charge in [0.2, 0.25) is 5.43 Å². The predicted octanol–water partition coefficient (Wildman–Crippen LogP) is 1.36. The van der Waals surface area contributed by atoms with Crippen LogP contribution in [0.15, 0.2) is 10.9 Å². The number of nitrogens with zero attached hydrogens (tertiary/aromatic N) is 3. The summed E-state index contributed by atoms with van der Waals surface area (Å²) in [5, 5.41) is 10.3. The molecule has 1 fully saturated rings. The fraction of sp³-hybridized carbons (Fsp3) is 0.688. The molecule has 0 saturated carbocycles. The number of aromatic hydroxyl groups is 1. The Kier molecular flexibility index (Phi) is 4.44. The fourth-order valence-corrected chi connectivity index (χ4v) is 3.08. The molecule has 0 aromatic carbocycles. The number of aromatic nitrogens is 1. The van der Waals surface area contributed by atoms with Crippen molar-refractivity contribution in [3.05, 3.63) is 27.7 Å². The largest absolute Gasteiger partial charge is 0.503 e. The molecule has 0 bridgehead atoms. The van der Waals surface area contributed by atoms with Gasteiger partial charge in [0.15, 0.2) is 5.75 Å². The summed E-state index contributed by atoms with van der Waals surface area (Å²) < 4.78 is 2.09. The zero-order valence-corrected chi connectivity index (χ0v) is 13.8. The van der Waals surface area contributed by atoms with E-state index in [1.54, 1.807) is 0 Å². The van der Waals surface area contributed by atoms with Crippen molar-refractivity contribution in [2.24, 2.45) is 0 Å². The molecule has 0 amide bonds. The average Bonchev–Trinajstić information content (AvgIpc) is 2.36. The summed E-state index contributed by atoms with van der Waals surface area (Å²) in [5.74, 6) is -0.102. The number of hydrogen-bond acceptors (Lipinski definition) is 4. The highest BCUT2D eigenvalue weighted by Crippen LogP contribution is 2.25. The molecule has 0 aliphatic carbocycles. The van der Waals surface area contributed by atoms with Crippen molar-refractivity contribution in [1.29, 1.82) is 0 Å². The molecule has 1 aliphatic heterocycles. The maximum absolute atomic E-state index is 11.9. The standard InChI is InChI=1S/C16H27N3O2/c1-12-10-14(20)15(21)13(19(12)16(2,3)4)11-18-8-6-17(5)7-9-18/h10,21H,6-9,11H2,1-5H3. The SMILES string of the molecule is Cc1cc(=O)c(O)c(CN2CCN(C)CC2)n1C(C)(C)C. The molecule has 0 spiro atoms. The van der Waals surface area contributed by atoms with Gasteiger partial charge in [-0.05, 0) is 34.7 Å². The Morgan fingerprint density at radius 1 is 1.19 bits per heavy atom. The highest BCUT2D eigenvalue weighted by atomic mass is 16.3. The number of aryl methyl sites for hydroxylation is 1. The first kappa shape index (κ1) is 16.0. The monoisotopic (exact) mass is 293 g/mol. The van der Waals surface area contributed by atoms with E-state index in [1.807, 2.05) is 6.92 Å². The van der Waals surface area contributed by atoms with E-state index in [2.05, 4.69) is 42.2 Å². The van der Waals surface area contributed by atoms with Gasteiger partial charge >= 0.3 is 0 Å². The molecular weight excluding hydrogens is 266 g/mol. The van der Waals surface area contributed by atoms with Crippen LogP contribution in [0.2, 0.25) is 0 Å². The third-order valence-electron chi connectivity index (χ3n) is 4.11. The number of likely N-dealkylation sites (N-methyl/N-ethyl adjacent to an activating group) is 1. The molecule has 21 heavy (non-hydrogen) atoms. The Morgan fingerprint density at radius 3 is 2.29 bits per heavy atom. The molecule has 2 heterocycles. The van der Waals surface area contributed by atoms with Crippen LogP contribution in [0.4, 0.5) is 0 Å². The minimum atomic E-state index is -0.280. The van der Waals surface area contributed by atoms with Crippen LogP contribution in [-0.2, 0) is 12.1 Å². The van der Waals surface area contributed by atoms with Gasteiger partial charge in [-0.25, -0.2) is 0 Å². The summed E-state index contributed by atoms with van der Waals surface area (Å²) in [6.07, 6.45) is 0. The van der Waals surface area contributed by atoms with E-state index in [4.69, 9.17) is 0 Å². The van der Waals surface area contributed by atoms with E-state index in [1.165, 1.54) is 6.07 Å². The van der Waals surface area contributed by atoms with Gasteiger partial charge in [-0.2, -0.15) is 0 Å². The van der Waals surface area contributed by atoms with E-state index < -0.39 is 0 Å². The van der Waals surface area contributed by atoms with Gasteiger partial charge in [-0.1, -0.05) is 0 Å². The molecule has 5 heteroatoms. The molecule has 118 valence electrons. The van der Waals surface area contributed by atoms with Crippen LogP contribution in [0.1, 0.15) is 32.2 Å². The Labute approximate surface area is 126 Å². The molecule has 1 aromatic heterocycles. The molecule has 0 atom stereocenters. The normalized spacial score (nSPS) is 18.1. The first-order valence-corrected chi connectivity index (χ1v) is 7.56. The van der Waals surface area contributed by atoms with Crippen molar-refractivity contribution in [3.63, 3.8) is 0 Å². The van der Waals surface area contributed by atoms with Crippen molar-refractivity contribution >= 4 is 0 Å². The van der Waals surface area contributed by atoms with Gasteiger partial charge in [0.1, 0.15) is 0 Å². The Hall–Kier alpha value is -1.33. The third kappa shape index (κ3) is 3.47. The topological polar surface area (TPSA) is 48.7 Å². The summed E-state index contributed by atoms with van der Waals surface area (Å²) in [6.45, 7) is 12.8. The van der Waals surface area contributed by atoms with E-state index in [0.29, 0.717) is 6.54 Å². The maximum Gasteiger partial charge on any atom is 0.223 e. The third-order valence-corrected chi connectivity index (χ3v) is 4.11. The lowest BCUT2D eigenvalue weighted by Crippen LogP contribution is -2.45. The molecule has 0 radical (unpaired) electrons. The van der Waals surface area contributed by atoms with Crippen LogP contribution in [0, 0.1) is 6.92 Å². The van der Waals surface area contributed by atoms with Gasteiger partial charge in [-0.15, -0.1) is 0 Å². The molecule has 5 nitrogen and oxygen atoms in total. The van der Waals surface area contributed by atoms with Crippen LogP contribution >= 0.6 is 0 Å². The van der Waals surface area contributed by atoms with Crippen molar-refractivity contribution < 1.29 is 5.11 Å². The second-order valence-corrected chi connectivity index (χ2v) is 7.03. The highest BCUT2D eigenvalue weighted by molar-refractivity contribution is 5.31. The molecule has 1 aliphatic rings. The summed E-state index contributed by atoms with van der Waals surface area (Å²) >= 11 is 0. The van der Waals surface area contributed by atoms with E-state index in [9.17, 15) is 9.90 Å². The molecule has 1 N–H and O–H groups in total. The lowest BCUT2D eigenvalue weighted by molar-refractivity contribution is 0.141. The summed E-state index contributed by atoms with van der Waals surface area (Å²) in [7, 11) is 2.12. The second kappa shape index (κ2) is 5.81. The summed E-state index contributed by atoms with van der Waals surface area (Å²) in [6, 6.07) is 1.52. The van der Waals surface area contributed by atoms with Gasteiger partial charge in [0.25, 0.3) is 0 Å². The van der Waals surface area contributed by atoms with Crippen molar-refractivity contribution in [3.8, 4) is 5.75 Å². The average molecular weight is 293 g/mol. The predicted molar refractivity (Wildman–Crippen MR) is 84.9 cm³/mol. The first-order valence-electron chi connectivity index (χ1n) is 7.56. The van der Waals surface area contributed by atoms with Crippen molar-refractivity contribution in [1.82, 2.24) is 14.4 Å². The maximum atomic E-state index is 11.9. The number of hydrogen-bond donors (Lipinski definition) is 1. The van der Waals surface area contributed by atoms with Crippen LogP contribution in [0.25, 0.3) is 0 Å². The number of piperazine rings is 1. The Morgan fingerprint density at radius 2 is 1.76 bits per heavy atom. The minimum Gasteiger partial charge on any atom is -0.503 e. The highest BCUT2D eigenvalue weighted by Gasteiger charge is 2.24. The van der Waals surface area contributed by atoms with E-state index >= 15 is 0 Å². The molecular formula is C16H27N3O2. The first-order chi connectivity index (χ1) is 9.70. The minimum absolute atomic E-state index is 0.102. The van der Waals surface area contributed by atoms with Crippen LogP contribution in [-0.4, -0.2) is 52.7 Å².